The number of benzene rings is 4. The van der Waals surface area contributed by atoms with Crippen molar-refractivity contribution in [1.29, 1.82) is 0 Å². The van der Waals surface area contributed by atoms with Crippen molar-refractivity contribution in [1.82, 2.24) is 0 Å². The van der Waals surface area contributed by atoms with E-state index in [9.17, 15) is 0 Å². The first-order valence-corrected chi connectivity index (χ1v) is 10.5. The van der Waals surface area contributed by atoms with Crippen molar-refractivity contribution >= 4 is 0 Å². The number of hydrogen-bond donors (Lipinski definition) is 4. The molecule has 0 amide bonds. The Morgan fingerprint density at radius 1 is 0.324 bits per heavy atom. The Morgan fingerprint density at radius 3 is 0.647 bits per heavy atom. The van der Waals surface area contributed by atoms with E-state index in [1.165, 1.54) is 0 Å². The molecular weight excluding hydrogens is 432 g/mol. The molecule has 0 aromatic heterocycles. The van der Waals surface area contributed by atoms with Gasteiger partial charge in [0.25, 0.3) is 0 Å². The van der Waals surface area contributed by atoms with Crippen molar-refractivity contribution in [3.63, 3.8) is 0 Å². The Bertz CT molecular complexity index is 990. The summed E-state index contributed by atoms with van der Waals surface area (Å²) in [5.41, 5.74) is 4.24. The first-order valence-electron chi connectivity index (χ1n) is 10.5. The normalized spacial score (nSPS) is 10.9. The van der Waals surface area contributed by atoms with Crippen molar-refractivity contribution in [2.45, 2.75) is 11.8 Å². The second-order valence-corrected chi connectivity index (χ2v) is 7.70. The van der Waals surface area contributed by atoms with Gasteiger partial charge in [0, 0.05) is 11.8 Å². The van der Waals surface area contributed by atoms with Gasteiger partial charge in [-0.3, -0.25) is 0 Å². The Labute approximate surface area is 197 Å². The molecule has 4 aromatic carbocycles. The van der Waals surface area contributed by atoms with Gasteiger partial charge in [-0.05, 0) is 70.8 Å². The minimum absolute atomic E-state index is 0.0899. The molecule has 8 heteroatoms. The molecule has 0 aliphatic heterocycles. The van der Waals surface area contributed by atoms with Crippen molar-refractivity contribution in [3.8, 4) is 23.0 Å². The second-order valence-electron chi connectivity index (χ2n) is 7.70. The van der Waals surface area contributed by atoms with Crippen molar-refractivity contribution in [2.24, 2.45) is 23.6 Å². The first kappa shape index (κ1) is 23.1. The van der Waals surface area contributed by atoms with Crippen LogP contribution in [0.4, 0.5) is 0 Å². The molecule has 0 fully saturated rings. The molecule has 0 aliphatic carbocycles. The molecule has 0 unspecified atom stereocenters. The summed E-state index contributed by atoms with van der Waals surface area (Å²) in [4.78, 5) is 19.5. The molecule has 34 heavy (non-hydrogen) atoms. The van der Waals surface area contributed by atoms with E-state index in [2.05, 4.69) is 0 Å². The van der Waals surface area contributed by atoms with Gasteiger partial charge < -0.3 is 19.4 Å². The third kappa shape index (κ3) is 4.95. The highest BCUT2D eigenvalue weighted by Crippen LogP contribution is 2.44. The maximum absolute atomic E-state index is 5.35. The van der Waals surface area contributed by atoms with Crippen molar-refractivity contribution in [3.05, 3.63) is 119 Å². The smallest absolute Gasteiger partial charge is 0.146 e. The summed E-state index contributed by atoms with van der Waals surface area (Å²) >= 11 is 0. The molecule has 8 N–H and O–H groups in total. The lowest BCUT2D eigenvalue weighted by Gasteiger charge is -2.30. The summed E-state index contributed by atoms with van der Waals surface area (Å²) in [6, 6.07) is 30.7. The highest BCUT2D eigenvalue weighted by Gasteiger charge is 2.28. The number of rotatable bonds is 9. The molecule has 0 bridgehead atoms. The van der Waals surface area contributed by atoms with E-state index in [1.807, 2.05) is 97.1 Å². The fourth-order valence-electron chi connectivity index (χ4n) is 4.17. The predicted octanol–water partition coefficient (Wildman–Crippen LogP) is 3.66. The largest absolute Gasteiger partial charge is 0.412 e. The third-order valence-corrected chi connectivity index (χ3v) is 5.83. The van der Waals surface area contributed by atoms with Crippen LogP contribution in [0.1, 0.15) is 34.1 Å². The summed E-state index contributed by atoms with van der Waals surface area (Å²) in [6.07, 6.45) is 0. The first-order chi connectivity index (χ1) is 16.7. The monoisotopic (exact) mass is 458 g/mol. The van der Waals surface area contributed by atoms with Gasteiger partial charge >= 0.3 is 0 Å². The van der Waals surface area contributed by atoms with Gasteiger partial charge in [-0.1, -0.05) is 48.5 Å². The Kier molecular flexibility index (Phi) is 7.26. The van der Waals surface area contributed by atoms with E-state index in [4.69, 9.17) is 42.9 Å². The SMILES string of the molecule is NOc1ccc(C(c2ccc(ON)cc2)C(c2ccc(ON)cc2)c2ccc(ON)cc2)cc1. The van der Waals surface area contributed by atoms with Crippen LogP contribution in [-0.2, 0) is 0 Å². The van der Waals surface area contributed by atoms with Crippen LogP contribution in [0.2, 0.25) is 0 Å². The van der Waals surface area contributed by atoms with Crippen molar-refractivity contribution < 1.29 is 19.4 Å². The number of nitrogens with two attached hydrogens (primary N) is 4. The summed E-state index contributed by atoms with van der Waals surface area (Å²) in [7, 11) is 0. The Hall–Kier alpha value is -4.08. The molecular formula is C26H26N4O4. The van der Waals surface area contributed by atoms with Gasteiger partial charge in [0.15, 0.2) is 0 Å². The van der Waals surface area contributed by atoms with E-state index in [-0.39, 0.29) is 11.8 Å². The molecule has 0 atom stereocenters. The fourth-order valence-corrected chi connectivity index (χ4v) is 4.17. The lowest BCUT2D eigenvalue weighted by Crippen LogP contribution is -2.15. The van der Waals surface area contributed by atoms with E-state index < -0.39 is 0 Å². The van der Waals surface area contributed by atoms with Crippen LogP contribution in [0.25, 0.3) is 0 Å². The summed E-state index contributed by atoms with van der Waals surface area (Å²) in [5, 5.41) is 0. The topological polar surface area (TPSA) is 141 Å². The van der Waals surface area contributed by atoms with Crippen LogP contribution >= 0.6 is 0 Å². The van der Waals surface area contributed by atoms with Gasteiger partial charge in [0.1, 0.15) is 23.0 Å². The summed E-state index contributed by atoms with van der Waals surface area (Å²) < 4.78 is 0. The van der Waals surface area contributed by atoms with E-state index in [0.29, 0.717) is 23.0 Å². The van der Waals surface area contributed by atoms with Gasteiger partial charge in [-0.2, -0.15) is 23.6 Å². The minimum Gasteiger partial charge on any atom is -0.412 e. The Morgan fingerprint density at radius 2 is 0.500 bits per heavy atom. The maximum atomic E-state index is 5.35. The zero-order chi connectivity index (χ0) is 23.9. The maximum Gasteiger partial charge on any atom is 0.146 e. The Balaban J connectivity index is 1.90. The zero-order valence-corrected chi connectivity index (χ0v) is 18.3. The van der Waals surface area contributed by atoms with Crippen LogP contribution in [0, 0.1) is 0 Å². The van der Waals surface area contributed by atoms with Crippen LogP contribution in [0.15, 0.2) is 97.1 Å². The molecule has 8 nitrogen and oxygen atoms in total. The van der Waals surface area contributed by atoms with Crippen molar-refractivity contribution in [2.75, 3.05) is 0 Å². The third-order valence-electron chi connectivity index (χ3n) is 5.83. The lowest BCUT2D eigenvalue weighted by atomic mass is 9.73. The van der Waals surface area contributed by atoms with E-state index >= 15 is 0 Å². The van der Waals surface area contributed by atoms with E-state index in [1.54, 1.807) is 0 Å². The van der Waals surface area contributed by atoms with Gasteiger partial charge in [0.2, 0.25) is 0 Å². The fraction of sp³-hybridized carbons (Fsp3) is 0.0769. The lowest BCUT2D eigenvalue weighted by molar-refractivity contribution is 0.334. The summed E-state index contributed by atoms with van der Waals surface area (Å²) in [5.74, 6) is 23.5. The van der Waals surface area contributed by atoms with Gasteiger partial charge in [-0.25, -0.2) is 0 Å². The highest BCUT2D eigenvalue weighted by atomic mass is 16.6. The molecule has 0 aliphatic rings. The van der Waals surface area contributed by atoms with Crippen LogP contribution in [0.3, 0.4) is 0 Å². The summed E-state index contributed by atoms with van der Waals surface area (Å²) in [6.45, 7) is 0. The molecule has 0 saturated heterocycles. The predicted molar refractivity (Wildman–Crippen MR) is 129 cm³/mol. The van der Waals surface area contributed by atoms with Gasteiger partial charge in [0.05, 0.1) is 0 Å². The van der Waals surface area contributed by atoms with Crippen LogP contribution < -0.4 is 42.9 Å². The zero-order valence-electron chi connectivity index (χ0n) is 18.3. The molecule has 4 aromatic rings. The average molecular weight is 459 g/mol. The molecule has 0 heterocycles. The molecule has 0 saturated carbocycles. The molecule has 0 spiro atoms. The quantitative estimate of drug-likeness (QED) is 0.279. The van der Waals surface area contributed by atoms with Crippen LogP contribution in [0.5, 0.6) is 23.0 Å². The molecule has 4 rings (SSSR count). The van der Waals surface area contributed by atoms with E-state index in [0.717, 1.165) is 22.3 Å². The molecule has 174 valence electrons. The molecule has 0 radical (unpaired) electrons. The number of hydrogen-bond acceptors (Lipinski definition) is 8. The average Bonchev–Trinajstić information content (AvgIpc) is 2.92. The van der Waals surface area contributed by atoms with Gasteiger partial charge in [-0.15, -0.1) is 0 Å². The highest BCUT2D eigenvalue weighted by molar-refractivity contribution is 5.48. The minimum atomic E-state index is -0.0899. The standard InChI is InChI=1S/C26H26N4O4/c27-31-21-9-1-17(2-10-21)25(18-3-11-22(32-28)12-4-18)26(19-5-13-23(33-29)14-6-19)20-7-15-24(34-30)16-8-20/h1-16,25-26H,27-30H2. The van der Waals surface area contributed by atoms with Crippen LogP contribution in [-0.4, -0.2) is 0 Å². The second kappa shape index (κ2) is 10.7.